The number of hydrogen-bond donors (Lipinski definition) is 0. The molecule has 134 valence electrons. The number of fused-ring (bicyclic) bond motifs is 2. The number of imide groups is 1. The Morgan fingerprint density at radius 3 is 1.89 bits per heavy atom. The van der Waals surface area contributed by atoms with Crippen LogP contribution in [0.2, 0.25) is 0 Å². The summed E-state index contributed by atoms with van der Waals surface area (Å²) in [6, 6.07) is 7.85. The van der Waals surface area contributed by atoms with E-state index in [1.54, 1.807) is 11.3 Å². The number of aromatic nitrogens is 2. The number of thiophene rings is 2. The van der Waals surface area contributed by atoms with Gasteiger partial charge in [0.15, 0.2) is 0 Å². The van der Waals surface area contributed by atoms with Crippen molar-refractivity contribution >= 4 is 73.2 Å². The fourth-order valence-corrected chi connectivity index (χ4v) is 6.27. The number of nitrogens with zero attached hydrogens (tertiary/aromatic N) is 3. The van der Waals surface area contributed by atoms with Crippen molar-refractivity contribution in [1.82, 2.24) is 13.6 Å². The fourth-order valence-electron chi connectivity index (χ4n) is 3.36. The lowest BCUT2D eigenvalue weighted by atomic mass is 9.93. The highest BCUT2D eigenvalue weighted by atomic mass is 79.9. The Morgan fingerprint density at radius 2 is 1.41 bits per heavy atom. The third-order valence-corrected chi connectivity index (χ3v) is 7.74. The van der Waals surface area contributed by atoms with Gasteiger partial charge in [0.1, 0.15) is 11.0 Å². The molecule has 2 amide bonds. The summed E-state index contributed by atoms with van der Waals surface area (Å²) in [5.41, 5.74) is 3.63. The molecule has 0 saturated carbocycles. The Kier molecular flexibility index (Phi) is 3.84. The number of aryl methyl sites for hydroxylation is 1. The van der Waals surface area contributed by atoms with Crippen LogP contribution in [0.15, 0.2) is 28.1 Å². The standard InChI is InChI=1S/C18H10BrN3O2S3/c1-7-3-4-8(25-7)11-13-14(18(24)22(2)17(13)23)12(9-5-6-10(19)26-9)16-15(11)20-27-21-16/h3-6H,1-2H3. The van der Waals surface area contributed by atoms with Crippen LogP contribution >= 0.6 is 50.3 Å². The lowest BCUT2D eigenvalue weighted by Crippen LogP contribution is -2.24. The molecule has 4 aromatic rings. The van der Waals surface area contributed by atoms with Gasteiger partial charge in [0.2, 0.25) is 0 Å². The zero-order valence-corrected chi connectivity index (χ0v) is 18.1. The number of carbonyl (C=O) groups excluding carboxylic acids is 2. The summed E-state index contributed by atoms with van der Waals surface area (Å²) >= 11 is 7.68. The van der Waals surface area contributed by atoms with Gasteiger partial charge < -0.3 is 0 Å². The van der Waals surface area contributed by atoms with E-state index in [4.69, 9.17) is 0 Å². The van der Waals surface area contributed by atoms with E-state index in [2.05, 4.69) is 24.7 Å². The molecule has 0 bridgehead atoms. The van der Waals surface area contributed by atoms with Crippen molar-refractivity contribution in [2.24, 2.45) is 0 Å². The van der Waals surface area contributed by atoms with Crippen LogP contribution in [0.3, 0.4) is 0 Å². The summed E-state index contributed by atoms with van der Waals surface area (Å²) in [5, 5.41) is 0. The topological polar surface area (TPSA) is 63.2 Å². The second-order valence-electron chi connectivity index (χ2n) is 6.14. The van der Waals surface area contributed by atoms with E-state index < -0.39 is 0 Å². The predicted molar refractivity (Wildman–Crippen MR) is 113 cm³/mol. The van der Waals surface area contributed by atoms with Crippen molar-refractivity contribution in [3.05, 3.63) is 44.1 Å². The second kappa shape index (κ2) is 6.03. The molecule has 27 heavy (non-hydrogen) atoms. The van der Waals surface area contributed by atoms with Gasteiger partial charge in [-0.15, -0.1) is 22.7 Å². The molecule has 0 fully saturated rings. The molecule has 1 aliphatic heterocycles. The van der Waals surface area contributed by atoms with E-state index in [9.17, 15) is 9.59 Å². The van der Waals surface area contributed by atoms with Crippen molar-refractivity contribution in [3.63, 3.8) is 0 Å². The predicted octanol–water partition coefficient (Wildman–Crippen LogP) is 5.45. The highest BCUT2D eigenvalue weighted by Gasteiger charge is 2.41. The summed E-state index contributed by atoms with van der Waals surface area (Å²) in [6.45, 7) is 2.02. The highest BCUT2D eigenvalue weighted by molar-refractivity contribution is 9.11. The van der Waals surface area contributed by atoms with Gasteiger partial charge in [0, 0.05) is 32.8 Å². The van der Waals surface area contributed by atoms with E-state index in [1.165, 1.54) is 23.3 Å². The summed E-state index contributed by atoms with van der Waals surface area (Å²) in [6.07, 6.45) is 0. The lowest BCUT2D eigenvalue weighted by molar-refractivity contribution is 0.0693. The van der Waals surface area contributed by atoms with Crippen LogP contribution in [-0.4, -0.2) is 32.5 Å². The van der Waals surface area contributed by atoms with Gasteiger partial charge in [-0.05, 0) is 47.1 Å². The monoisotopic (exact) mass is 475 g/mol. The molecule has 0 saturated heterocycles. The number of hydrogen-bond acceptors (Lipinski definition) is 7. The number of carbonyl (C=O) groups is 2. The van der Waals surface area contributed by atoms with Gasteiger partial charge in [-0.1, -0.05) is 0 Å². The summed E-state index contributed by atoms with van der Waals surface area (Å²) in [5.74, 6) is -0.582. The molecule has 0 aliphatic carbocycles. The van der Waals surface area contributed by atoms with Crippen molar-refractivity contribution in [1.29, 1.82) is 0 Å². The first-order valence-electron chi connectivity index (χ1n) is 7.94. The molecule has 0 unspecified atom stereocenters. The lowest BCUT2D eigenvalue weighted by Gasteiger charge is -2.10. The molecule has 5 rings (SSSR count). The summed E-state index contributed by atoms with van der Waals surface area (Å²) < 4.78 is 9.96. The van der Waals surface area contributed by atoms with Crippen LogP contribution in [0.1, 0.15) is 25.6 Å². The number of rotatable bonds is 2. The largest absolute Gasteiger partial charge is 0.277 e. The van der Waals surface area contributed by atoms with Crippen molar-refractivity contribution in [3.8, 4) is 20.9 Å². The Bertz CT molecular complexity index is 1180. The summed E-state index contributed by atoms with van der Waals surface area (Å²) in [7, 11) is 1.52. The Labute approximate surface area is 174 Å². The minimum absolute atomic E-state index is 0.289. The number of halogens is 1. The third kappa shape index (κ3) is 2.39. The van der Waals surface area contributed by atoms with E-state index >= 15 is 0 Å². The molecule has 1 aromatic carbocycles. The van der Waals surface area contributed by atoms with Gasteiger partial charge in [-0.2, -0.15) is 8.75 Å². The minimum atomic E-state index is -0.293. The summed E-state index contributed by atoms with van der Waals surface area (Å²) in [4.78, 5) is 30.2. The fraction of sp³-hybridized carbons (Fsp3) is 0.111. The first-order chi connectivity index (χ1) is 13.0. The average Bonchev–Trinajstić information content (AvgIpc) is 3.41. The molecule has 0 radical (unpaired) electrons. The Hall–Kier alpha value is -1.94. The quantitative estimate of drug-likeness (QED) is 0.361. The van der Waals surface area contributed by atoms with Crippen LogP contribution in [0.25, 0.3) is 31.9 Å². The zero-order chi connectivity index (χ0) is 18.9. The van der Waals surface area contributed by atoms with Gasteiger partial charge in [0.05, 0.1) is 26.6 Å². The molecule has 3 aromatic heterocycles. The molecular formula is C18H10BrN3O2S3. The first kappa shape index (κ1) is 17.2. The molecule has 0 spiro atoms. The molecule has 5 nitrogen and oxygen atoms in total. The Morgan fingerprint density at radius 1 is 0.852 bits per heavy atom. The van der Waals surface area contributed by atoms with E-state index in [0.29, 0.717) is 33.3 Å². The Balaban J connectivity index is 1.98. The zero-order valence-electron chi connectivity index (χ0n) is 14.1. The van der Waals surface area contributed by atoms with E-state index in [-0.39, 0.29) is 11.8 Å². The van der Waals surface area contributed by atoms with E-state index in [1.807, 2.05) is 31.2 Å². The maximum absolute atomic E-state index is 13.0. The third-order valence-electron chi connectivity index (χ3n) is 4.56. The van der Waals surface area contributed by atoms with Crippen molar-refractivity contribution < 1.29 is 9.59 Å². The first-order valence-corrected chi connectivity index (χ1v) is 11.1. The normalized spacial score (nSPS) is 13.8. The van der Waals surface area contributed by atoms with Gasteiger partial charge in [0.25, 0.3) is 11.8 Å². The highest BCUT2D eigenvalue weighted by Crippen LogP contribution is 2.47. The van der Waals surface area contributed by atoms with Crippen molar-refractivity contribution in [2.75, 3.05) is 7.05 Å². The molecule has 9 heteroatoms. The molecule has 4 heterocycles. The van der Waals surface area contributed by atoms with Crippen LogP contribution in [0.5, 0.6) is 0 Å². The maximum atomic E-state index is 13.0. The van der Waals surface area contributed by atoms with E-state index in [0.717, 1.165) is 30.1 Å². The van der Waals surface area contributed by atoms with Crippen LogP contribution in [-0.2, 0) is 0 Å². The van der Waals surface area contributed by atoms with Gasteiger partial charge >= 0.3 is 0 Å². The molecular weight excluding hydrogens is 466 g/mol. The molecule has 1 aliphatic rings. The number of benzene rings is 1. The number of amides is 2. The average molecular weight is 476 g/mol. The van der Waals surface area contributed by atoms with Gasteiger partial charge in [-0.25, -0.2) is 0 Å². The van der Waals surface area contributed by atoms with Crippen LogP contribution in [0, 0.1) is 6.92 Å². The molecule has 0 N–H and O–H groups in total. The van der Waals surface area contributed by atoms with Gasteiger partial charge in [-0.3, -0.25) is 14.5 Å². The smallest absolute Gasteiger partial charge is 0.262 e. The van der Waals surface area contributed by atoms with Crippen LogP contribution < -0.4 is 0 Å². The van der Waals surface area contributed by atoms with Crippen molar-refractivity contribution in [2.45, 2.75) is 6.92 Å². The maximum Gasteiger partial charge on any atom is 0.262 e. The minimum Gasteiger partial charge on any atom is -0.277 e. The SMILES string of the molecule is Cc1ccc(-c2c3c(c(-c4ccc(Br)s4)c4nsnc24)C(=O)N(C)C3=O)s1. The molecule has 0 atom stereocenters. The second-order valence-corrected chi connectivity index (χ2v) is 10.4. The van der Waals surface area contributed by atoms with Crippen LogP contribution in [0.4, 0.5) is 0 Å².